The van der Waals surface area contributed by atoms with Crippen LogP contribution in [-0.2, 0) is 9.53 Å². The average molecular weight is 537 g/mol. The predicted molar refractivity (Wildman–Crippen MR) is 143 cm³/mol. The Morgan fingerprint density at radius 2 is 1.85 bits per heavy atom. The van der Waals surface area contributed by atoms with Crippen LogP contribution in [0.2, 0.25) is 0 Å². The molecule has 5 rings (SSSR count). The molecule has 1 aromatic carbocycles. The molecule has 4 heterocycles. The summed E-state index contributed by atoms with van der Waals surface area (Å²) in [5, 5.41) is 8.60. The van der Waals surface area contributed by atoms with Crippen LogP contribution in [0.4, 0.5) is 44.0 Å². The van der Waals surface area contributed by atoms with Crippen LogP contribution < -0.4 is 25.6 Å². The standard InChI is InChI=1S/C26H29FN8O4/c1-4-38-25(37)35-13-11-34(12-14-35)17-7-5-16(6-8-17)29-24-28-15-18(27)21(33-24)30-20-10-9-19-22(31-20)32-23(36)26(2,3)39-19/h5-10,15H,4,11-14H2,1-3H3,(H3,28,29,30,31,32,33,36). The summed E-state index contributed by atoms with van der Waals surface area (Å²) >= 11 is 0. The average Bonchev–Trinajstić information content (AvgIpc) is 2.92. The van der Waals surface area contributed by atoms with Crippen molar-refractivity contribution in [2.24, 2.45) is 0 Å². The van der Waals surface area contributed by atoms with Gasteiger partial charge in [0.15, 0.2) is 28.8 Å². The lowest BCUT2D eigenvalue weighted by atomic mass is 10.1. The first-order chi connectivity index (χ1) is 18.7. The monoisotopic (exact) mass is 536 g/mol. The van der Waals surface area contributed by atoms with E-state index in [4.69, 9.17) is 9.47 Å². The summed E-state index contributed by atoms with van der Waals surface area (Å²) in [5.74, 6) is 0.0291. The summed E-state index contributed by atoms with van der Waals surface area (Å²) in [6.45, 7) is 8.06. The topological polar surface area (TPSA) is 134 Å². The largest absolute Gasteiger partial charge is 0.474 e. The van der Waals surface area contributed by atoms with Crippen LogP contribution in [0, 0.1) is 5.82 Å². The molecule has 0 bridgehead atoms. The molecule has 1 fully saturated rings. The van der Waals surface area contributed by atoms with Crippen LogP contribution in [0.5, 0.6) is 5.75 Å². The number of nitrogens with zero attached hydrogens (tertiary/aromatic N) is 5. The van der Waals surface area contributed by atoms with Gasteiger partial charge in [0.2, 0.25) is 5.95 Å². The number of benzene rings is 1. The van der Waals surface area contributed by atoms with E-state index >= 15 is 0 Å². The number of ether oxygens (including phenoxy) is 2. The fraction of sp³-hybridized carbons (Fsp3) is 0.346. The summed E-state index contributed by atoms with van der Waals surface area (Å²) in [6.07, 6.45) is 0.776. The number of nitrogens with one attached hydrogen (secondary N) is 3. The number of piperazine rings is 1. The second-order valence-corrected chi connectivity index (χ2v) is 9.47. The molecule has 12 nitrogen and oxygen atoms in total. The Bertz CT molecular complexity index is 1380. The highest BCUT2D eigenvalue weighted by atomic mass is 19.1. The van der Waals surface area contributed by atoms with Gasteiger partial charge < -0.3 is 35.2 Å². The summed E-state index contributed by atoms with van der Waals surface area (Å²) < 4.78 is 25.3. The number of fused-ring (bicyclic) bond motifs is 1. The van der Waals surface area contributed by atoms with Crippen molar-refractivity contribution in [1.82, 2.24) is 19.9 Å². The molecule has 3 N–H and O–H groups in total. The number of carbonyl (C=O) groups is 2. The SMILES string of the molecule is CCOC(=O)N1CCN(c2ccc(Nc3ncc(F)c(Nc4ccc5c(n4)NC(=O)C(C)(C)O5)n3)cc2)CC1. The van der Waals surface area contributed by atoms with Crippen molar-refractivity contribution in [3.8, 4) is 5.75 Å². The molecule has 0 saturated carbocycles. The van der Waals surface area contributed by atoms with Crippen LogP contribution in [-0.4, -0.2) is 70.2 Å². The smallest absolute Gasteiger partial charge is 0.409 e. The van der Waals surface area contributed by atoms with E-state index in [0.29, 0.717) is 38.5 Å². The van der Waals surface area contributed by atoms with Crippen molar-refractivity contribution < 1.29 is 23.5 Å². The molecule has 0 unspecified atom stereocenters. The summed E-state index contributed by atoms with van der Waals surface area (Å²) in [4.78, 5) is 40.6. The minimum Gasteiger partial charge on any atom is -0.474 e. The number of anilines is 6. The maximum absolute atomic E-state index is 14.5. The zero-order valence-corrected chi connectivity index (χ0v) is 21.8. The number of halogens is 1. The molecule has 0 aliphatic carbocycles. The van der Waals surface area contributed by atoms with Gasteiger partial charge in [-0.25, -0.2) is 19.2 Å². The third-order valence-electron chi connectivity index (χ3n) is 6.29. The minimum absolute atomic E-state index is 0.0839. The number of hydrogen-bond donors (Lipinski definition) is 3. The molecular formula is C26H29FN8O4. The summed E-state index contributed by atoms with van der Waals surface area (Å²) in [6, 6.07) is 10.9. The van der Waals surface area contributed by atoms with Crippen LogP contribution >= 0.6 is 0 Å². The van der Waals surface area contributed by atoms with Crippen molar-refractivity contribution in [3.05, 3.63) is 48.4 Å². The van der Waals surface area contributed by atoms with Crippen molar-refractivity contribution >= 4 is 46.8 Å². The normalized spacial score (nSPS) is 16.1. The van der Waals surface area contributed by atoms with E-state index in [0.717, 1.165) is 17.6 Å². The van der Waals surface area contributed by atoms with Gasteiger partial charge in [-0.1, -0.05) is 0 Å². The first kappa shape index (κ1) is 25.9. The Morgan fingerprint density at radius 3 is 2.56 bits per heavy atom. The Morgan fingerprint density at radius 1 is 1.10 bits per heavy atom. The van der Waals surface area contributed by atoms with E-state index in [9.17, 15) is 14.0 Å². The highest BCUT2D eigenvalue weighted by Gasteiger charge is 2.36. The lowest BCUT2D eigenvalue weighted by Crippen LogP contribution is -2.49. The van der Waals surface area contributed by atoms with E-state index in [2.05, 4.69) is 35.8 Å². The van der Waals surface area contributed by atoms with Gasteiger partial charge in [-0.3, -0.25) is 4.79 Å². The number of amides is 2. The van der Waals surface area contributed by atoms with Crippen molar-refractivity contribution in [3.63, 3.8) is 0 Å². The zero-order valence-electron chi connectivity index (χ0n) is 21.8. The van der Waals surface area contributed by atoms with Crippen LogP contribution in [0.25, 0.3) is 0 Å². The lowest BCUT2D eigenvalue weighted by molar-refractivity contribution is -0.129. The van der Waals surface area contributed by atoms with Gasteiger partial charge >= 0.3 is 6.09 Å². The molecule has 2 aromatic heterocycles. The fourth-order valence-corrected chi connectivity index (χ4v) is 4.15. The highest BCUT2D eigenvalue weighted by molar-refractivity contribution is 5.99. The van der Waals surface area contributed by atoms with E-state index in [1.807, 2.05) is 24.3 Å². The number of pyridine rings is 1. The van der Waals surface area contributed by atoms with Gasteiger partial charge in [0, 0.05) is 37.6 Å². The van der Waals surface area contributed by atoms with Gasteiger partial charge in [0.25, 0.3) is 5.91 Å². The zero-order chi connectivity index (χ0) is 27.6. The van der Waals surface area contributed by atoms with Gasteiger partial charge in [0.1, 0.15) is 5.82 Å². The van der Waals surface area contributed by atoms with E-state index in [1.54, 1.807) is 37.8 Å². The predicted octanol–water partition coefficient (Wildman–Crippen LogP) is 3.89. The molecule has 2 aliphatic rings. The molecular weight excluding hydrogens is 507 g/mol. The molecule has 39 heavy (non-hydrogen) atoms. The Kier molecular flexibility index (Phi) is 7.05. The van der Waals surface area contributed by atoms with Gasteiger partial charge in [-0.2, -0.15) is 4.98 Å². The number of carbonyl (C=O) groups excluding carboxylic acids is 2. The lowest BCUT2D eigenvalue weighted by Gasteiger charge is -2.35. The number of rotatable bonds is 6. The second-order valence-electron chi connectivity index (χ2n) is 9.47. The maximum Gasteiger partial charge on any atom is 0.409 e. The summed E-state index contributed by atoms with van der Waals surface area (Å²) in [7, 11) is 0. The maximum atomic E-state index is 14.5. The molecule has 204 valence electrons. The van der Waals surface area contributed by atoms with Crippen molar-refractivity contribution in [1.29, 1.82) is 0 Å². The first-order valence-corrected chi connectivity index (χ1v) is 12.6. The molecule has 0 radical (unpaired) electrons. The van der Waals surface area contributed by atoms with Gasteiger partial charge in [0.05, 0.1) is 12.8 Å². The van der Waals surface area contributed by atoms with E-state index in [1.165, 1.54) is 0 Å². The molecule has 3 aromatic rings. The molecule has 13 heteroatoms. The minimum atomic E-state index is -1.01. The molecule has 0 atom stereocenters. The first-order valence-electron chi connectivity index (χ1n) is 12.6. The molecule has 2 amide bonds. The van der Waals surface area contributed by atoms with Crippen LogP contribution in [0.3, 0.4) is 0 Å². The third kappa shape index (κ3) is 5.76. The van der Waals surface area contributed by atoms with Crippen LogP contribution in [0.15, 0.2) is 42.6 Å². The Balaban J connectivity index is 1.22. The van der Waals surface area contributed by atoms with E-state index in [-0.39, 0.29) is 35.4 Å². The van der Waals surface area contributed by atoms with Crippen LogP contribution in [0.1, 0.15) is 20.8 Å². The van der Waals surface area contributed by atoms with Gasteiger partial charge in [-0.15, -0.1) is 0 Å². The molecule has 1 saturated heterocycles. The van der Waals surface area contributed by atoms with Crippen molar-refractivity contribution in [2.45, 2.75) is 26.4 Å². The Hall–Kier alpha value is -4.68. The summed E-state index contributed by atoms with van der Waals surface area (Å²) in [5.41, 5.74) is 0.723. The molecule has 0 spiro atoms. The fourth-order valence-electron chi connectivity index (χ4n) is 4.15. The van der Waals surface area contributed by atoms with Gasteiger partial charge in [-0.05, 0) is 57.2 Å². The Labute approximate surface area is 224 Å². The molecule has 2 aliphatic heterocycles. The third-order valence-corrected chi connectivity index (χ3v) is 6.29. The van der Waals surface area contributed by atoms with E-state index < -0.39 is 11.4 Å². The quantitative estimate of drug-likeness (QED) is 0.426. The highest BCUT2D eigenvalue weighted by Crippen LogP contribution is 2.33. The van der Waals surface area contributed by atoms with Crippen molar-refractivity contribution in [2.75, 3.05) is 53.6 Å². The second kappa shape index (κ2) is 10.6. The number of aromatic nitrogens is 3. The number of hydrogen-bond acceptors (Lipinski definition) is 10.